The Morgan fingerprint density at radius 1 is 1.53 bits per heavy atom. The molecule has 2 rings (SSSR count). The van der Waals surface area contributed by atoms with Crippen molar-refractivity contribution in [3.05, 3.63) is 41.1 Å². The van der Waals surface area contributed by atoms with Crippen molar-refractivity contribution in [2.24, 2.45) is 0 Å². The van der Waals surface area contributed by atoms with E-state index in [2.05, 4.69) is 29.5 Å². The molecular formula is C12H15NOS. The van der Waals surface area contributed by atoms with Crippen molar-refractivity contribution in [1.82, 2.24) is 4.90 Å². The number of rotatable bonds is 4. The lowest BCUT2D eigenvalue weighted by Gasteiger charge is -2.27. The van der Waals surface area contributed by atoms with E-state index in [1.54, 1.807) is 17.4 Å². The molecule has 0 aromatic carbocycles. The second-order valence-corrected chi connectivity index (χ2v) is 4.64. The minimum atomic E-state index is 0.611. The van der Waals surface area contributed by atoms with Gasteiger partial charge in [-0.05, 0) is 22.6 Å². The van der Waals surface area contributed by atoms with Crippen LogP contribution < -0.4 is 0 Å². The summed E-state index contributed by atoms with van der Waals surface area (Å²) in [6.45, 7) is 10.9. The Hall–Kier alpha value is -0.900. The molecule has 0 saturated carbocycles. The summed E-state index contributed by atoms with van der Waals surface area (Å²) in [5, 5.41) is 2.13. The van der Waals surface area contributed by atoms with Gasteiger partial charge in [0.25, 0.3) is 0 Å². The molecule has 1 aliphatic heterocycles. The molecule has 0 amide bonds. The zero-order valence-electron chi connectivity index (χ0n) is 8.74. The Morgan fingerprint density at radius 3 is 3.20 bits per heavy atom. The summed E-state index contributed by atoms with van der Waals surface area (Å²) >= 11 is 1.79. The lowest BCUT2D eigenvalue weighted by atomic mass is 10.0. The van der Waals surface area contributed by atoms with Gasteiger partial charge >= 0.3 is 0 Å². The van der Waals surface area contributed by atoms with Crippen LogP contribution in [0.1, 0.15) is 10.4 Å². The molecule has 15 heavy (non-hydrogen) atoms. The Kier molecular flexibility index (Phi) is 3.36. The minimum Gasteiger partial charge on any atom is -0.362 e. The van der Waals surface area contributed by atoms with Crippen molar-refractivity contribution in [3.8, 4) is 0 Å². The quantitative estimate of drug-likeness (QED) is 0.572. The summed E-state index contributed by atoms with van der Waals surface area (Å²) in [5.41, 5.74) is 2.53. The molecule has 2 nitrogen and oxygen atoms in total. The van der Waals surface area contributed by atoms with Crippen molar-refractivity contribution in [3.63, 3.8) is 0 Å². The van der Waals surface area contributed by atoms with Crippen molar-refractivity contribution < 1.29 is 4.74 Å². The molecule has 1 aromatic heterocycles. The van der Waals surface area contributed by atoms with Crippen LogP contribution in [0.2, 0.25) is 0 Å². The van der Waals surface area contributed by atoms with Gasteiger partial charge in [0, 0.05) is 18.0 Å². The van der Waals surface area contributed by atoms with Crippen molar-refractivity contribution in [2.45, 2.75) is 6.54 Å². The summed E-state index contributed by atoms with van der Waals surface area (Å²) in [6.07, 6.45) is 1.77. The molecule has 0 aliphatic carbocycles. The van der Waals surface area contributed by atoms with Gasteiger partial charge in [0.15, 0.2) is 0 Å². The molecule has 0 saturated heterocycles. The molecule has 0 spiro atoms. The molecule has 0 bridgehead atoms. The maximum atomic E-state index is 5.43. The highest BCUT2D eigenvalue weighted by atomic mass is 32.1. The third-order valence-corrected chi connectivity index (χ3v) is 3.32. The second kappa shape index (κ2) is 4.75. The first kappa shape index (κ1) is 10.6. The SMILES string of the molecule is C=CCOCN1CC(=C)c2ccsc2C1. The van der Waals surface area contributed by atoms with Crippen LogP contribution in [0.25, 0.3) is 5.57 Å². The van der Waals surface area contributed by atoms with Crippen molar-refractivity contribution in [2.75, 3.05) is 19.9 Å². The summed E-state index contributed by atoms with van der Waals surface area (Å²) in [6, 6.07) is 2.16. The molecule has 0 fully saturated rings. The number of nitrogens with zero attached hydrogens (tertiary/aromatic N) is 1. The molecule has 0 atom stereocenters. The zero-order chi connectivity index (χ0) is 10.7. The van der Waals surface area contributed by atoms with E-state index < -0.39 is 0 Å². The molecule has 0 radical (unpaired) electrons. The van der Waals surface area contributed by atoms with Gasteiger partial charge in [-0.15, -0.1) is 17.9 Å². The van der Waals surface area contributed by atoms with Crippen molar-refractivity contribution >= 4 is 16.9 Å². The number of hydrogen-bond donors (Lipinski definition) is 0. The molecule has 80 valence electrons. The van der Waals surface area contributed by atoms with Crippen molar-refractivity contribution in [1.29, 1.82) is 0 Å². The highest BCUT2D eigenvalue weighted by molar-refractivity contribution is 7.10. The highest BCUT2D eigenvalue weighted by Gasteiger charge is 2.19. The van der Waals surface area contributed by atoms with E-state index >= 15 is 0 Å². The Labute approximate surface area is 94.5 Å². The van der Waals surface area contributed by atoms with Gasteiger partial charge in [-0.1, -0.05) is 12.7 Å². The topological polar surface area (TPSA) is 12.5 Å². The lowest BCUT2D eigenvalue weighted by Crippen LogP contribution is -2.30. The predicted molar refractivity (Wildman–Crippen MR) is 64.8 cm³/mol. The molecule has 2 heterocycles. The van der Waals surface area contributed by atoms with E-state index in [1.165, 1.54) is 16.0 Å². The third-order valence-electron chi connectivity index (χ3n) is 2.42. The Balaban J connectivity index is 1.97. The normalized spacial score (nSPS) is 16.4. The summed E-state index contributed by atoms with van der Waals surface area (Å²) in [7, 11) is 0. The second-order valence-electron chi connectivity index (χ2n) is 3.64. The monoisotopic (exact) mass is 221 g/mol. The maximum Gasteiger partial charge on any atom is 0.100 e. The Morgan fingerprint density at radius 2 is 2.40 bits per heavy atom. The lowest BCUT2D eigenvalue weighted by molar-refractivity contribution is 0.0464. The first-order valence-corrected chi connectivity index (χ1v) is 5.84. The first-order valence-electron chi connectivity index (χ1n) is 4.97. The fourth-order valence-electron chi connectivity index (χ4n) is 1.75. The highest BCUT2D eigenvalue weighted by Crippen LogP contribution is 2.29. The third kappa shape index (κ3) is 2.37. The van der Waals surface area contributed by atoms with E-state index in [-0.39, 0.29) is 0 Å². The predicted octanol–water partition coefficient (Wildman–Crippen LogP) is 2.74. The van der Waals surface area contributed by atoms with E-state index in [9.17, 15) is 0 Å². The van der Waals surface area contributed by atoms with Gasteiger partial charge in [-0.2, -0.15) is 0 Å². The van der Waals surface area contributed by atoms with Gasteiger partial charge in [0.2, 0.25) is 0 Å². The fraction of sp³-hybridized carbons (Fsp3) is 0.333. The van der Waals surface area contributed by atoms with Gasteiger partial charge in [0.1, 0.15) is 6.73 Å². The van der Waals surface area contributed by atoms with E-state index in [4.69, 9.17) is 4.74 Å². The van der Waals surface area contributed by atoms with Crippen LogP contribution in [0.5, 0.6) is 0 Å². The zero-order valence-corrected chi connectivity index (χ0v) is 9.55. The van der Waals surface area contributed by atoms with Gasteiger partial charge in [0.05, 0.1) is 6.61 Å². The van der Waals surface area contributed by atoms with Crippen LogP contribution in [0.3, 0.4) is 0 Å². The summed E-state index contributed by atoms with van der Waals surface area (Å²) < 4.78 is 5.43. The number of thiophene rings is 1. The number of hydrogen-bond acceptors (Lipinski definition) is 3. The molecule has 1 aromatic rings. The van der Waals surface area contributed by atoms with Crippen LogP contribution in [-0.4, -0.2) is 24.8 Å². The van der Waals surface area contributed by atoms with Gasteiger partial charge < -0.3 is 4.74 Å². The standard InChI is InChI=1S/C12H15NOS/c1-3-5-14-9-13-7-10(2)11-4-6-15-12(11)8-13/h3-4,6H,1-2,5,7-9H2. The maximum absolute atomic E-state index is 5.43. The molecule has 3 heteroatoms. The molecule has 0 unspecified atom stereocenters. The van der Waals surface area contributed by atoms with Gasteiger partial charge in [-0.25, -0.2) is 0 Å². The largest absolute Gasteiger partial charge is 0.362 e. The summed E-state index contributed by atoms with van der Waals surface area (Å²) in [4.78, 5) is 3.65. The average molecular weight is 221 g/mol. The molecule has 1 aliphatic rings. The fourth-order valence-corrected chi connectivity index (χ4v) is 2.71. The first-order chi connectivity index (χ1) is 7.31. The minimum absolute atomic E-state index is 0.611. The van der Waals surface area contributed by atoms with Crippen LogP contribution in [-0.2, 0) is 11.3 Å². The van der Waals surface area contributed by atoms with Crippen LogP contribution in [0.15, 0.2) is 30.7 Å². The van der Waals surface area contributed by atoms with Gasteiger partial charge in [-0.3, -0.25) is 4.90 Å². The Bertz CT molecular complexity index is 369. The smallest absolute Gasteiger partial charge is 0.100 e. The molecular weight excluding hydrogens is 206 g/mol. The van der Waals surface area contributed by atoms with Crippen LogP contribution in [0.4, 0.5) is 0 Å². The van der Waals surface area contributed by atoms with Crippen LogP contribution in [0, 0.1) is 0 Å². The molecule has 0 N–H and O–H groups in total. The summed E-state index contributed by atoms with van der Waals surface area (Å²) in [5.74, 6) is 0. The van der Waals surface area contributed by atoms with E-state index in [0.717, 1.165) is 13.1 Å². The van der Waals surface area contributed by atoms with Crippen LogP contribution >= 0.6 is 11.3 Å². The average Bonchev–Trinajstić information content (AvgIpc) is 2.66. The number of fused-ring (bicyclic) bond motifs is 1. The van der Waals surface area contributed by atoms with E-state index in [1.807, 2.05) is 0 Å². The van der Waals surface area contributed by atoms with E-state index in [0.29, 0.717) is 13.3 Å². The number of ether oxygens (including phenoxy) is 1.